The van der Waals surface area contributed by atoms with Gasteiger partial charge < -0.3 is 4.55 Å². The smallest absolute Gasteiger partial charge is 0.153 e. The Hall–Kier alpha value is -0.670. The van der Waals surface area contributed by atoms with Crippen LogP contribution in [0.25, 0.3) is 0 Å². The van der Waals surface area contributed by atoms with Crippen LogP contribution >= 0.6 is 0 Å². The number of hydrogen-bond acceptors (Lipinski definition) is 1. The van der Waals surface area contributed by atoms with E-state index in [1.165, 1.54) is 5.56 Å². The molecule has 12 heavy (non-hydrogen) atoms. The zero-order valence-electron chi connectivity index (χ0n) is 6.99. The van der Waals surface area contributed by atoms with Crippen LogP contribution in [0.1, 0.15) is 11.1 Å². The first-order valence-corrected chi connectivity index (χ1v) is 5.09. The molecule has 0 heterocycles. The van der Waals surface area contributed by atoms with Crippen molar-refractivity contribution >= 4 is 11.1 Å². The van der Waals surface area contributed by atoms with Gasteiger partial charge in [0.2, 0.25) is 0 Å². The highest BCUT2D eigenvalue weighted by Gasteiger charge is 1.98. The molecule has 1 atom stereocenters. The Kier molecular flexibility index (Phi) is 3.44. The van der Waals surface area contributed by atoms with Crippen molar-refractivity contribution in [1.82, 2.24) is 0 Å². The summed E-state index contributed by atoms with van der Waals surface area (Å²) in [6.45, 7) is 2.01. The lowest BCUT2D eigenvalue weighted by atomic mass is 10.1. The molecular weight excluding hydrogens is 172 g/mol. The molecule has 0 saturated heterocycles. The fourth-order valence-electron chi connectivity index (χ4n) is 1.09. The minimum atomic E-state index is -1.67. The average Bonchev–Trinajstić information content (AvgIpc) is 2.03. The van der Waals surface area contributed by atoms with Crippen LogP contribution in [0.15, 0.2) is 24.3 Å². The second kappa shape index (κ2) is 4.38. The third-order valence-corrected chi connectivity index (χ3v) is 2.36. The molecule has 0 bridgehead atoms. The van der Waals surface area contributed by atoms with E-state index in [-0.39, 0.29) is 0 Å². The van der Waals surface area contributed by atoms with E-state index in [9.17, 15) is 4.21 Å². The predicted molar refractivity (Wildman–Crippen MR) is 50.5 cm³/mol. The average molecular weight is 184 g/mol. The summed E-state index contributed by atoms with van der Waals surface area (Å²) in [7, 11) is 0. The lowest BCUT2D eigenvalue weighted by Gasteiger charge is -2.02. The number of hydrogen-bond donors (Lipinski definition) is 1. The fourth-order valence-corrected chi connectivity index (χ4v) is 1.48. The molecule has 0 amide bonds. The van der Waals surface area contributed by atoms with E-state index in [2.05, 4.69) is 0 Å². The maximum Gasteiger partial charge on any atom is 0.153 e. The van der Waals surface area contributed by atoms with Crippen molar-refractivity contribution in [2.24, 2.45) is 0 Å². The normalized spacial score (nSPS) is 12.8. The number of benzene rings is 1. The van der Waals surface area contributed by atoms with Crippen molar-refractivity contribution in [3.63, 3.8) is 0 Å². The Morgan fingerprint density at radius 1 is 1.42 bits per heavy atom. The van der Waals surface area contributed by atoms with Crippen molar-refractivity contribution in [3.8, 4) is 0 Å². The molecule has 0 aliphatic rings. The highest BCUT2D eigenvalue weighted by atomic mass is 32.2. The summed E-state index contributed by atoms with van der Waals surface area (Å²) in [5.41, 5.74) is 2.34. The van der Waals surface area contributed by atoms with Gasteiger partial charge >= 0.3 is 0 Å². The largest absolute Gasteiger partial charge is 0.306 e. The van der Waals surface area contributed by atoms with E-state index in [0.29, 0.717) is 12.2 Å². The van der Waals surface area contributed by atoms with Crippen molar-refractivity contribution in [2.75, 3.05) is 5.75 Å². The molecule has 0 saturated carbocycles. The second-order valence-electron chi connectivity index (χ2n) is 2.70. The molecule has 1 unspecified atom stereocenters. The third kappa shape index (κ3) is 2.75. The van der Waals surface area contributed by atoms with Gasteiger partial charge in [-0.05, 0) is 24.5 Å². The number of rotatable bonds is 3. The molecule has 0 radical (unpaired) electrons. The van der Waals surface area contributed by atoms with Crippen LogP contribution in [0.4, 0.5) is 0 Å². The van der Waals surface area contributed by atoms with Gasteiger partial charge in [0.05, 0.1) is 5.75 Å². The zero-order valence-corrected chi connectivity index (χ0v) is 7.80. The molecular formula is C9H12O2S. The van der Waals surface area contributed by atoms with Gasteiger partial charge in [0, 0.05) is 0 Å². The van der Waals surface area contributed by atoms with Gasteiger partial charge in [-0.3, -0.25) is 0 Å². The van der Waals surface area contributed by atoms with E-state index >= 15 is 0 Å². The molecule has 3 heteroatoms. The Morgan fingerprint density at radius 2 is 2.08 bits per heavy atom. The van der Waals surface area contributed by atoms with Gasteiger partial charge in [0.25, 0.3) is 0 Å². The zero-order chi connectivity index (χ0) is 8.97. The van der Waals surface area contributed by atoms with Gasteiger partial charge in [-0.25, -0.2) is 4.21 Å². The van der Waals surface area contributed by atoms with Crippen LogP contribution in [0.3, 0.4) is 0 Å². The van der Waals surface area contributed by atoms with Crippen molar-refractivity contribution in [1.29, 1.82) is 0 Å². The molecule has 1 rings (SSSR count). The lowest BCUT2D eigenvalue weighted by molar-refractivity contribution is 0.563. The molecule has 0 spiro atoms. The van der Waals surface area contributed by atoms with Crippen LogP contribution in [-0.4, -0.2) is 14.5 Å². The highest BCUT2D eigenvalue weighted by Crippen LogP contribution is 2.07. The summed E-state index contributed by atoms with van der Waals surface area (Å²) in [4.78, 5) is 0. The molecule has 1 aromatic carbocycles. The van der Waals surface area contributed by atoms with Gasteiger partial charge in [0.1, 0.15) is 0 Å². The van der Waals surface area contributed by atoms with Gasteiger partial charge in [0.15, 0.2) is 11.1 Å². The standard InChI is InChI=1S/C9H12O2S/c1-8-4-2-3-5-9(8)6-7-12(10)11/h2-5H,6-7H2,1H3,(H,10,11). The monoisotopic (exact) mass is 184 g/mol. The van der Waals surface area contributed by atoms with Crippen molar-refractivity contribution in [2.45, 2.75) is 13.3 Å². The Morgan fingerprint density at radius 3 is 2.67 bits per heavy atom. The number of aryl methyl sites for hydroxylation is 2. The second-order valence-corrected chi connectivity index (χ2v) is 3.75. The molecule has 2 nitrogen and oxygen atoms in total. The third-order valence-electron chi connectivity index (χ3n) is 1.81. The molecule has 0 aliphatic carbocycles. The molecule has 1 aromatic rings. The maximum absolute atomic E-state index is 10.4. The van der Waals surface area contributed by atoms with Crippen molar-refractivity contribution < 1.29 is 8.76 Å². The maximum atomic E-state index is 10.4. The van der Waals surface area contributed by atoms with Crippen LogP contribution in [0, 0.1) is 6.92 Å². The van der Waals surface area contributed by atoms with E-state index in [4.69, 9.17) is 4.55 Å². The van der Waals surface area contributed by atoms with Crippen molar-refractivity contribution in [3.05, 3.63) is 35.4 Å². The fraction of sp³-hybridized carbons (Fsp3) is 0.333. The van der Waals surface area contributed by atoms with Crippen LogP contribution in [-0.2, 0) is 17.5 Å². The van der Waals surface area contributed by atoms with E-state index in [0.717, 1.165) is 5.56 Å². The molecule has 66 valence electrons. The summed E-state index contributed by atoms with van der Waals surface area (Å²) in [5.74, 6) is 0.324. The van der Waals surface area contributed by atoms with Gasteiger partial charge in [-0.15, -0.1) is 0 Å². The predicted octanol–water partition coefficient (Wildman–Crippen LogP) is 1.76. The topological polar surface area (TPSA) is 37.3 Å². The lowest BCUT2D eigenvalue weighted by Crippen LogP contribution is -2.00. The van der Waals surface area contributed by atoms with Crippen LogP contribution in [0.5, 0.6) is 0 Å². The summed E-state index contributed by atoms with van der Waals surface area (Å²) in [5, 5.41) is 0. The van der Waals surface area contributed by atoms with Crippen LogP contribution in [0.2, 0.25) is 0 Å². The van der Waals surface area contributed by atoms with Gasteiger partial charge in [-0.1, -0.05) is 24.3 Å². The minimum absolute atomic E-state index is 0.324. The Bertz CT molecular complexity index is 284. The van der Waals surface area contributed by atoms with E-state index < -0.39 is 11.1 Å². The summed E-state index contributed by atoms with van der Waals surface area (Å²) >= 11 is -1.67. The minimum Gasteiger partial charge on any atom is -0.306 e. The molecule has 0 aliphatic heterocycles. The summed E-state index contributed by atoms with van der Waals surface area (Å²) < 4.78 is 19.0. The molecule has 1 N–H and O–H groups in total. The molecule has 0 aromatic heterocycles. The summed E-state index contributed by atoms with van der Waals surface area (Å²) in [6, 6.07) is 7.91. The highest BCUT2D eigenvalue weighted by molar-refractivity contribution is 7.79. The first-order valence-electron chi connectivity index (χ1n) is 3.82. The van der Waals surface area contributed by atoms with E-state index in [1.807, 2.05) is 31.2 Å². The Balaban J connectivity index is 2.63. The summed E-state index contributed by atoms with van der Waals surface area (Å²) in [6.07, 6.45) is 0.676. The first kappa shape index (κ1) is 9.42. The first-order chi connectivity index (χ1) is 5.70. The Labute approximate surface area is 74.9 Å². The van der Waals surface area contributed by atoms with Crippen LogP contribution < -0.4 is 0 Å². The quantitative estimate of drug-likeness (QED) is 0.727. The molecule has 0 fully saturated rings. The van der Waals surface area contributed by atoms with Gasteiger partial charge in [-0.2, -0.15) is 0 Å². The van der Waals surface area contributed by atoms with E-state index in [1.54, 1.807) is 0 Å². The SMILES string of the molecule is Cc1ccccc1CCS(=O)O.